The van der Waals surface area contributed by atoms with Crippen LogP contribution in [0.1, 0.15) is 15.9 Å². The van der Waals surface area contributed by atoms with Gasteiger partial charge in [0.1, 0.15) is 13.2 Å². The first-order valence-electron chi connectivity index (χ1n) is 11.6. The number of rotatable bonds is 4. The molecule has 0 N–H and O–H groups in total. The summed E-state index contributed by atoms with van der Waals surface area (Å²) in [5.74, 6) is 1.38. The van der Waals surface area contributed by atoms with Crippen molar-refractivity contribution in [2.24, 2.45) is 0 Å². The summed E-state index contributed by atoms with van der Waals surface area (Å²) >= 11 is 0. The van der Waals surface area contributed by atoms with Gasteiger partial charge in [-0.05, 0) is 18.2 Å². The van der Waals surface area contributed by atoms with Crippen LogP contribution in [0.5, 0.6) is 11.5 Å². The highest BCUT2D eigenvalue weighted by Crippen LogP contribution is 2.40. The Kier molecular flexibility index (Phi) is 5.26. The number of aromatic nitrogens is 1. The fourth-order valence-corrected chi connectivity index (χ4v) is 4.79. The second-order valence-electron chi connectivity index (χ2n) is 8.54. The van der Waals surface area contributed by atoms with E-state index in [0.717, 1.165) is 42.8 Å². The zero-order chi connectivity index (χ0) is 22.9. The van der Waals surface area contributed by atoms with Crippen molar-refractivity contribution in [2.75, 3.05) is 49.2 Å². The van der Waals surface area contributed by atoms with Gasteiger partial charge < -0.3 is 19.3 Å². The molecule has 1 aromatic heterocycles. The fraction of sp³-hybridized carbons (Fsp3) is 0.214. The van der Waals surface area contributed by atoms with E-state index in [1.165, 1.54) is 5.69 Å². The third kappa shape index (κ3) is 3.71. The van der Waals surface area contributed by atoms with E-state index in [9.17, 15) is 4.79 Å². The van der Waals surface area contributed by atoms with Crippen LogP contribution in [-0.4, -0.2) is 50.2 Å². The number of carbonyl (C=O) groups excluding carboxylic acids is 1. The molecular formula is C28H25N3O3. The summed E-state index contributed by atoms with van der Waals surface area (Å²) < 4.78 is 11.6. The number of hydrogen-bond acceptors (Lipinski definition) is 6. The van der Waals surface area contributed by atoms with Gasteiger partial charge in [0.05, 0.1) is 16.8 Å². The Morgan fingerprint density at radius 1 is 0.765 bits per heavy atom. The molecule has 0 saturated carbocycles. The second kappa shape index (κ2) is 8.71. The normalized spacial score (nSPS) is 15.4. The molecule has 0 radical (unpaired) electrons. The third-order valence-electron chi connectivity index (χ3n) is 6.50. The number of carbonyl (C=O) groups is 1. The molecular weight excluding hydrogens is 426 g/mol. The predicted molar refractivity (Wildman–Crippen MR) is 133 cm³/mol. The molecule has 0 unspecified atom stereocenters. The lowest BCUT2D eigenvalue weighted by Gasteiger charge is -2.38. The van der Waals surface area contributed by atoms with Crippen molar-refractivity contribution < 1.29 is 14.3 Å². The monoisotopic (exact) mass is 451 g/mol. The molecule has 2 aliphatic rings. The van der Waals surface area contributed by atoms with Crippen molar-refractivity contribution in [3.8, 4) is 11.5 Å². The Balaban J connectivity index is 1.43. The topological polar surface area (TPSA) is 54.9 Å². The molecule has 0 atom stereocenters. The van der Waals surface area contributed by atoms with Gasteiger partial charge in [0.2, 0.25) is 0 Å². The summed E-state index contributed by atoms with van der Waals surface area (Å²) in [7, 11) is 0. The molecule has 170 valence electrons. The second-order valence-corrected chi connectivity index (χ2v) is 8.54. The Morgan fingerprint density at radius 2 is 1.38 bits per heavy atom. The van der Waals surface area contributed by atoms with Crippen LogP contribution >= 0.6 is 0 Å². The molecule has 0 bridgehead atoms. The van der Waals surface area contributed by atoms with Crippen LogP contribution in [0.25, 0.3) is 10.9 Å². The number of anilines is 2. The molecule has 0 aliphatic carbocycles. The van der Waals surface area contributed by atoms with Crippen molar-refractivity contribution in [1.29, 1.82) is 0 Å². The summed E-state index contributed by atoms with van der Waals surface area (Å²) in [6.45, 7) is 4.39. The van der Waals surface area contributed by atoms with Crippen LogP contribution in [-0.2, 0) is 0 Å². The molecule has 34 heavy (non-hydrogen) atoms. The first kappa shape index (κ1) is 20.5. The number of para-hydroxylation sites is 1. The number of fused-ring (bicyclic) bond motifs is 2. The molecule has 3 heterocycles. The van der Waals surface area contributed by atoms with E-state index in [1.807, 2.05) is 48.5 Å². The number of nitrogens with zero attached hydrogens (tertiary/aromatic N) is 3. The summed E-state index contributed by atoms with van der Waals surface area (Å²) in [6, 6.07) is 23.8. The molecule has 6 heteroatoms. The van der Waals surface area contributed by atoms with Gasteiger partial charge in [-0.2, -0.15) is 0 Å². The molecule has 3 aromatic carbocycles. The SMILES string of the molecule is O=C(c1ccccc1)c1cnc2cc3c(cc2c1N1CCN(c2ccccc2)CC1)OCCO3. The molecule has 1 fully saturated rings. The van der Waals surface area contributed by atoms with Gasteiger partial charge in [0.15, 0.2) is 17.3 Å². The van der Waals surface area contributed by atoms with Gasteiger partial charge in [-0.1, -0.05) is 48.5 Å². The van der Waals surface area contributed by atoms with Crippen molar-refractivity contribution in [3.05, 3.63) is 90.1 Å². The molecule has 2 aliphatic heterocycles. The van der Waals surface area contributed by atoms with Gasteiger partial charge in [-0.3, -0.25) is 9.78 Å². The minimum atomic E-state index is -0.0228. The van der Waals surface area contributed by atoms with E-state index >= 15 is 0 Å². The lowest BCUT2D eigenvalue weighted by Crippen LogP contribution is -2.47. The van der Waals surface area contributed by atoms with E-state index in [2.05, 4.69) is 39.0 Å². The van der Waals surface area contributed by atoms with E-state index in [4.69, 9.17) is 9.47 Å². The minimum absolute atomic E-state index is 0.0228. The van der Waals surface area contributed by atoms with Crippen LogP contribution in [0.3, 0.4) is 0 Å². The summed E-state index contributed by atoms with van der Waals surface area (Å²) in [4.78, 5) is 23.0. The van der Waals surface area contributed by atoms with Crippen LogP contribution < -0.4 is 19.3 Å². The van der Waals surface area contributed by atoms with Gasteiger partial charge >= 0.3 is 0 Å². The standard InChI is InChI=1S/C28H25N3O3/c32-28(20-7-3-1-4-8-20)23-19-29-24-18-26-25(33-15-16-34-26)17-22(24)27(23)31-13-11-30(12-14-31)21-9-5-2-6-10-21/h1-10,17-19H,11-16H2. The van der Waals surface area contributed by atoms with E-state index in [0.29, 0.717) is 35.8 Å². The highest BCUT2D eigenvalue weighted by molar-refractivity contribution is 6.16. The van der Waals surface area contributed by atoms with Crippen molar-refractivity contribution >= 4 is 28.1 Å². The first-order chi connectivity index (χ1) is 16.8. The van der Waals surface area contributed by atoms with Crippen molar-refractivity contribution in [1.82, 2.24) is 4.98 Å². The Morgan fingerprint density at radius 3 is 2.09 bits per heavy atom. The number of pyridine rings is 1. The number of benzene rings is 3. The zero-order valence-electron chi connectivity index (χ0n) is 18.8. The Bertz CT molecular complexity index is 1330. The highest BCUT2D eigenvalue weighted by Gasteiger charge is 2.26. The lowest BCUT2D eigenvalue weighted by molar-refractivity contribution is 0.103. The van der Waals surface area contributed by atoms with E-state index in [1.54, 1.807) is 6.20 Å². The average molecular weight is 452 g/mol. The number of ketones is 1. The van der Waals surface area contributed by atoms with Crippen LogP contribution in [0.2, 0.25) is 0 Å². The molecule has 0 spiro atoms. The number of piperazine rings is 1. The largest absolute Gasteiger partial charge is 0.486 e. The molecule has 4 aromatic rings. The van der Waals surface area contributed by atoms with Gasteiger partial charge in [-0.25, -0.2) is 0 Å². The maximum Gasteiger partial charge on any atom is 0.196 e. The van der Waals surface area contributed by atoms with Gasteiger partial charge in [0.25, 0.3) is 0 Å². The highest BCUT2D eigenvalue weighted by atomic mass is 16.6. The van der Waals surface area contributed by atoms with Crippen molar-refractivity contribution in [3.63, 3.8) is 0 Å². The summed E-state index contributed by atoms with van der Waals surface area (Å²) in [5.41, 5.74) is 4.22. The number of ether oxygens (including phenoxy) is 2. The smallest absolute Gasteiger partial charge is 0.196 e. The third-order valence-corrected chi connectivity index (χ3v) is 6.50. The molecule has 6 rings (SSSR count). The summed E-state index contributed by atoms with van der Waals surface area (Å²) in [5, 5.41) is 0.916. The van der Waals surface area contributed by atoms with Crippen LogP contribution in [0.4, 0.5) is 11.4 Å². The number of hydrogen-bond donors (Lipinski definition) is 0. The van der Waals surface area contributed by atoms with Gasteiger partial charge in [0, 0.05) is 55.1 Å². The molecule has 0 amide bonds. The van der Waals surface area contributed by atoms with Crippen LogP contribution in [0, 0.1) is 0 Å². The van der Waals surface area contributed by atoms with E-state index < -0.39 is 0 Å². The predicted octanol–water partition coefficient (Wildman–Crippen LogP) is 4.56. The van der Waals surface area contributed by atoms with E-state index in [-0.39, 0.29) is 5.78 Å². The maximum atomic E-state index is 13.6. The Hall–Kier alpha value is -4.06. The zero-order valence-corrected chi connectivity index (χ0v) is 18.8. The maximum absolute atomic E-state index is 13.6. The minimum Gasteiger partial charge on any atom is -0.486 e. The fourth-order valence-electron chi connectivity index (χ4n) is 4.79. The van der Waals surface area contributed by atoms with Gasteiger partial charge in [-0.15, -0.1) is 0 Å². The summed E-state index contributed by atoms with van der Waals surface area (Å²) in [6.07, 6.45) is 1.71. The molecule has 6 nitrogen and oxygen atoms in total. The van der Waals surface area contributed by atoms with Crippen LogP contribution in [0.15, 0.2) is 79.0 Å². The molecule has 1 saturated heterocycles. The average Bonchev–Trinajstić information content (AvgIpc) is 2.92. The first-order valence-corrected chi connectivity index (χ1v) is 11.6. The van der Waals surface area contributed by atoms with Crippen molar-refractivity contribution in [2.45, 2.75) is 0 Å². The quantitative estimate of drug-likeness (QED) is 0.424. The lowest BCUT2D eigenvalue weighted by atomic mass is 9.99. The Labute approximate surface area is 198 Å².